The number of ether oxygens (including phenoxy) is 1. The zero-order chi connectivity index (χ0) is 18.6. The lowest BCUT2D eigenvalue weighted by Crippen LogP contribution is -2.32. The van der Waals surface area contributed by atoms with Gasteiger partial charge in [0, 0.05) is 18.2 Å². The zero-order valence-electron chi connectivity index (χ0n) is 14.7. The average molecular weight is 382 g/mol. The summed E-state index contributed by atoms with van der Waals surface area (Å²) in [5.41, 5.74) is 3.18. The van der Waals surface area contributed by atoms with Gasteiger partial charge in [-0.05, 0) is 36.6 Å². The van der Waals surface area contributed by atoms with E-state index in [-0.39, 0.29) is 18.3 Å². The van der Waals surface area contributed by atoms with Crippen LogP contribution in [-0.4, -0.2) is 21.8 Å². The Morgan fingerprint density at radius 3 is 2.81 bits per heavy atom. The van der Waals surface area contributed by atoms with Gasteiger partial charge >= 0.3 is 0 Å². The molecule has 3 aromatic rings. The van der Waals surface area contributed by atoms with E-state index in [9.17, 15) is 9.18 Å². The van der Waals surface area contributed by atoms with Crippen LogP contribution in [0.25, 0.3) is 0 Å². The summed E-state index contributed by atoms with van der Waals surface area (Å²) >= 11 is 1.36. The molecule has 4 rings (SSSR count). The Morgan fingerprint density at radius 2 is 2.07 bits per heavy atom. The number of rotatable bonds is 7. The van der Waals surface area contributed by atoms with Gasteiger partial charge in [-0.2, -0.15) is 0 Å². The van der Waals surface area contributed by atoms with Crippen LogP contribution >= 0.6 is 11.3 Å². The molecule has 27 heavy (non-hydrogen) atoms. The van der Waals surface area contributed by atoms with Crippen molar-refractivity contribution < 1.29 is 13.9 Å². The minimum absolute atomic E-state index is 0.0256. The lowest BCUT2D eigenvalue weighted by molar-refractivity contribution is 0.0734. The van der Waals surface area contributed by atoms with Crippen LogP contribution in [-0.2, 0) is 13.2 Å². The first kappa shape index (κ1) is 17.7. The normalized spacial score (nSPS) is 13.4. The molecule has 0 spiro atoms. The summed E-state index contributed by atoms with van der Waals surface area (Å²) in [7, 11) is 0. The number of carbonyl (C=O) groups excluding carboxylic acids is 1. The first-order chi connectivity index (χ1) is 13.2. The monoisotopic (exact) mass is 382 g/mol. The minimum atomic E-state index is -0.274. The number of halogens is 1. The fraction of sp³-hybridized carbons (Fsp3) is 0.238. The highest BCUT2D eigenvalue weighted by Gasteiger charge is 2.33. The summed E-state index contributed by atoms with van der Waals surface area (Å²) in [6.07, 6.45) is 3.69. The maximum absolute atomic E-state index is 13.7. The van der Waals surface area contributed by atoms with E-state index in [1.165, 1.54) is 17.4 Å². The van der Waals surface area contributed by atoms with Gasteiger partial charge in [-0.15, -0.1) is 11.3 Å². The van der Waals surface area contributed by atoms with Gasteiger partial charge < -0.3 is 9.64 Å². The minimum Gasteiger partial charge on any atom is -0.489 e. The molecule has 0 unspecified atom stereocenters. The van der Waals surface area contributed by atoms with Gasteiger partial charge in [0.25, 0.3) is 5.91 Å². The number of hydrogen-bond donors (Lipinski definition) is 0. The maximum Gasteiger partial charge on any atom is 0.266 e. The molecule has 1 aliphatic rings. The molecule has 0 N–H and O–H groups in total. The smallest absolute Gasteiger partial charge is 0.266 e. The standard InChI is InChI=1S/C21H19FN2O2S/c22-19-7-2-1-5-16(19)13-26-18-6-3-4-15(10-18)12-24(17-8-9-17)21(25)20-11-23-14-27-20/h1-7,10-11,14,17H,8-9,12-13H2. The number of carbonyl (C=O) groups is 1. The molecule has 4 nitrogen and oxygen atoms in total. The average Bonchev–Trinajstić information content (AvgIpc) is 3.38. The lowest BCUT2D eigenvalue weighted by atomic mass is 10.2. The summed E-state index contributed by atoms with van der Waals surface area (Å²) in [6.45, 7) is 0.695. The molecule has 6 heteroatoms. The first-order valence-electron chi connectivity index (χ1n) is 8.85. The maximum atomic E-state index is 13.7. The van der Waals surface area contributed by atoms with Crippen molar-refractivity contribution in [2.75, 3.05) is 0 Å². The van der Waals surface area contributed by atoms with Crippen LogP contribution in [0, 0.1) is 5.82 Å². The molecule has 2 aromatic carbocycles. The quantitative estimate of drug-likeness (QED) is 0.597. The first-order valence-corrected chi connectivity index (χ1v) is 9.73. The zero-order valence-corrected chi connectivity index (χ0v) is 15.5. The van der Waals surface area contributed by atoms with E-state index in [1.54, 1.807) is 29.9 Å². The molecule has 0 bridgehead atoms. The predicted octanol–water partition coefficient (Wildman–Crippen LogP) is 4.67. The highest BCUT2D eigenvalue weighted by Crippen LogP contribution is 2.31. The number of aromatic nitrogens is 1. The van der Waals surface area contributed by atoms with Crippen LogP contribution in [0.3, 0.4) is 0 Å². The summed E-state index contributed by atoms with van der Waals surface area (Å²) in [4.78, 5) is 19.3. The Bertz CT molecular complexity index is 925. The third-order valence-corrected chi connectivity index (χ3v) is 5.26. The Balaban J connectivity index is 1.45. The molecule has 1 amide bonds. The lowest BCUT2D eigenvalue weighted by Gasteiger charge is -2.22. The molecule has 1 fully saturated rings. The van der Waals surface area contributed by atoms with Crippen LogP contribution in [0.2, 0.25) is 0 Å². The molecular weight excluding hydrogens is 363 g/mol. The molecular formula is C21H19FN2O2S. The van der Waals surface area contributed by atoms with E-state index in [2.05, 4.69) is 4.98 Å². The van der Waals surface area contributed by atoms with Crippen LogP contribution in [0.5, 0.6) is 5.75 Å². The molecule has 1 aliphatic carbocycles. The van der Waals surface area contributed by atoms with Crippen molar-refractivity contribution in [3.63, 3.8) is 0 Å². The van der Waals surface area contributed by atoms with Crippen molar-refractivity contribution in [1.82, 2.24) is 9.88 Å². The third kappa shape index (κ3) is 4.34. The third-order valence-electron chi connectivity index (χ3n) is 4.50. The van der Waals surface area contributed by atoms with Crippen LogP contribution in [0.4, 0.5) is 4.39 Å². The Hall–Kier alpha value is -2.73. The van der Waals surface area contributed by atoms with E-state index >= 15 is 0 Å². The van der Waals surface area contributed by atoms with Crippen molar-refractivity contribution in [3.8, 4) is 5.75 Å². The predicted molar refractivity (Wildman–Crippen MR) is 102 cm³/mol. The van der Waals surface area contributed by atoms with Crippen molar-refractivity contribution in [2.45, 2.75) is 32.0 Å². The number of hydrogen-bond acceptors (Lipinski definition) is 4. The second-order valence-corrected chi connectivity index (χ2v) is 7.44. The second-order valence-electron chi connectivity index (χ2n) is 6.56. The summed E-state index contributed by atoms with van der Waals surface area (Å²) in [5.74, 6) is 0.415. The van der Waals surface area contributed by atoms with Crippen molar-refractivity contribution in [1.29, 1.82) is 0 Å². The van der Waals surface area contributed by atoms with E-state index in [1.807, 2.05) is 29.2 Å². The number of thiazole rings is 1. The Kier molecular flexibility index (Phi) is 5.16. The van der Waals surface area contributed by atoms with Crippen molar-refractivity contribution in [2.24, 2.45) is 0 Å². The SMILES string of the molecule is O=C(c1cncs1)N(Cc1cccc(OCc2ccccc2F)c1)C1CC1. The van der Waals surface area contributed by atoms with E-state index in [4.69, 9.17) is 4.74 Å². The fourth-order valence-corrected chi connectivity index (χ4v) is 3.50. The van der Waals surface area contributed by atoms with Gasteiger partial charge in [-0.3, -0.25) is 9.78 Å². The van der Waals surface area contributed by atoms with E-state index in [0.717, 1.165) is 18.4 Å². The molecule has 0 aliphatic heterocycles. The molecule has 0 atom stereocenters. The van der Waals surface area contributed by atoms with Gasteiger partial charge in [-0.1, -0.05) is 30.3 Å². The van der Waals surface area contributed by atoms with E-state index < -0.39 is 0 Å². The van der Waals surface area contributed by atoms with Gasteiger partial charge in [-0.25, -0.2) is 4.39 Å². The van der Waals surface area contributed by atoms with Crippen LogP contribution < -0.4 is 4.74 Å². The van der Waals surface area contributed by atoms with Crippen molar-refractivity contribution in [3.05, 3.63) is 82.1 Å². The number of amides is 1. The Labute approximate surface area is 161 Å². The van der Waals surface area contributed by atoms with Crippen molar-refractivity contribution >= 4 is 17.2 Å². The highest BCUT2D eigenvalue weighted by molar-refractivity contribution is 7.11. The fourth-order valence-electron chi connectivity index (χ4n) is 2.92. The van der Waals surface area contributed by atoms with Gasteiger partial charge in [0.15, 0.2) is 0 Å². The van der Waals surface area contributed by atoms with Crippen LogP contribution in [0.1, 0.15) is 33.6 Å². The number of nitrogens with zero attached hydrogens (tertiary/aromatic N) is 2. The van der Waals surface area contributed by atoms with Crippen LogP contribution in [0.15, 0.2) is 60.2 Å². The largest absolute Gasteiger partial charge is 0.489 e. The van der Waals surface area contributed by atoms with Gasteiger partial charge in [0.1, 0.15) is 23.1 Å². The highest BCUT2D eigenvalue weighted by atomic mass is 32.1. The summed E-state index contributed by atoms with van der Waals surface area (Å²) in [6, 6.07) is 14.5. The number of benzene rings is 2. The molecule has 1 aromatic heterocycles. The molecule has 1 heterocycles. The topological polar surface area (TPSA) is 42.4 Å². The Morgan fingerprint density at radius 1 is 1.22 bits per heavy atom. The molecule has 0 radical (unpaired) electrons. The second kappa shape index (κ2) is 7.88. The summed E-state index contributed by atoms with van der Waals surface area (Å²) < 4.78 is 19.5. The van der Waals surface area contributed by atoms with E-state index in [0.29, 0.717) is 28.8 Å². The van der Waals surface area contributed by atoms with Gasteiger partial charge in [0.05, 0.1) is 11.7 Å². The molecule has 1 saturated carbocycles. The van der Waals surface area contributed by atoms with Gasteiger partial charge in [0.2, 0.25) is 0 Å². The summed E-state index contributed by atoms with van der Waals surface area (Å²) in [5, 5.41) is 0. The molecule has 138 valence electrons. The molecule has 0 saturated heterocycles.